The molecule has 0 spiro atoms. The van der Waals surface area contributed by atoms with Crippen molar-refractivity contribution in [2.24, 2.45) is 5.92 Å². The van der Waals surface area contributed by atoms with Crippen LogP contribution in [0.5, 0.6) is 5.75 Å². The third-order valence-corrected chi connectivity index (χ3v) is 5.00. The zero-order chi connectivity index (χ0) is 18.1. The number of carbonyl (C=O) groups is 3. The maximum atomic E-state index is 12.7. The van der Waals surface area contributed by atoms with E-state index in [0.717, 1.165) is 25.9 Å². The molecule has 1 saturated heterocycles. The topological polar surface area (TPSA) is 66.9 Å². The number of piperidine rings is 1. The van der Waals surface area contributed by atoms with Crippen LogP contribution < -0.4 is 9.64 Å². The van der Waals surface area contributed by atoms with Gasteiger partial charge in [-0.05, 0) is 50.8 Å². The van der Waals surface area contributed by atoms with Gasteiger partial charge in [-0.15, -0.1) is 0 Å². The summed E-state index contributed by atoms with van der Waals surface area (Å²) < 4.78 is 5.62. The summed E-state index contributed by atoms with van der Waals surface area (Å²) in [6.07, 6.45) is 1.33. The first kappa shape index (κ1) is 17.5. The summed E-state index contributed by atoms with van der Waals surface area (Å²) in [6.45, 7) is 6.77. The highest BCUT2D eigenvalue weighted by Gasteiger charge is 2.34. The Morgan fingerprint density at radius 2 is 1.88 bits per heavy atom. The largest absolute Gasteiger partial charge is 0.479 e. The Hall–Kier alpha value is -2.37. The van der Waals surface area contributed by atoms with Gasteiger partial charge in [0.1, 0.15) is 12.3 Å². The second kappa shape index (κ2) is 6.86. The van der Waals surface area contributed by atoms with E-state index < -0.39 is 6.10 Å². The summed E-state index contributed by atoms with van der Waals surface area (Å²) in [5.41, 5.74) is 0.989. The molecule has 3 rings (SSSR count). The highest BCUT2D eigenvalue weighted by molar-refractivity contribution is 6.05. The molecular weight excluding hydrogens is 320 g/mol. The molecule has 2 heterocycles. The van der Waals surface area contributed by atoms with Crippen LogP contribution in [0, 0.1) is 5.92 Å². The lowest BCUT2D eigenvalue weighted by Crippen LogP contribution is -2.50. The number of ketones is 1. The van der Waals surface area contributed by atoms with E-state index in [4.69, 9.17) is 4.74 Å². The second-order valence-electron chi connectivity index (χ2n) is 6.99. The number of hydrogen-bond acceptors (Lipinski definition) is 4. The number of likely N-dealkylation sites (tertiary alicyclic amines) is 1. The van der Waals surface area contributed by atoms with E-state index in [9.17, 15) is 14.4 Å². The quantitative estimate of drug-likeness (QED) is 0.789. The normalized spacial score (nSPS) is 20.9. The van der Waals surface area contributed by atoms with Gasteiger partial charge in [-0.25, -0.2) is 0 Å². The molecule has 0 saturated carbocycles. The van der Waals surface area contributed by atoms with Crippen molar-refractivity contribution in [2.45, 2.75) is 39.7 Å². The van der Waals surface area contributed by atoms with Crippen LogP contribution in [0.1, 0.15) is 44.0 Å². The van der Waals surface area contributed by atoms with E-state index in [1.807, 2.05) is 4.90 Å². The Labute approximate surface area is 147 Å². The Morgan fingerprint density at radius 1 is 1.20 bits per heavy atom. The summed E-state index contributed by atoms with van der Waals surface area (Å²) in [4.78, 5) is 40.2. The minimum absolute atomic E-state index is 0.0186. The molecule has 0 N–H and O–H groups in total. The number of carbonyl (C=O) groups excluding carboxylic acids is 3. The highest BCUT2D eigenvalue weighted by Crippen LogP contribution is 2.35. The molecule has 25 heavy (non-hydrogen) atoms. The summed E-state index contributed by atoms with van der Waals surface area (Å²) in [5, 5.41) is 0. The number of amides is 2. The molecule has 2 aliphatic rings. The fourth-order valence-electron chi connectivity index (χ4n) is 3.28. The summed E-state index contributed by atoms with van der Waals surface area (Å²) >= 11 is 0. The molecular formula is C19H24N2O4. The Kier molecular flexibility index (Phi) is 4.79. The van der Waals surface area contributed by atoms with Crippen molar-refractivity contribution in [2.75, 3.05) is 24.5 Å². The summed E-state index contributed by atoms with van der Waals surface area (Å²) in [5.74, 6) is 0.746. The van der Waals surface area contributed by atoms with Gasteiger partial charge in [-0.1, -0.05) is 6.92 Å². The predicted octanol–water partition coefficient (Wildman–Crippen LogP) is 2.26. The lowest BCUT2D eigenvalue weighted by atomic mass is 9.99. The van der Waals surface area contributed by atoms with E-state index in [2.05, 4.69) is 6.92 Å². The number of hydrogen-bond donors (Lipinski definition) is 0. The Balaban J connectivity index is 1.84. The van der Waals surface area contributed by atoms with Crippen LogP contribution in [0.4, 0.5) is 5.69 Å². The molecule has 134 valence electrons. The molecule has 1 aromatic rings. The van der Waals surface area contributed by atoms with Gasteiger partial charge in [0, 0.05) is 18.7 Å². The summed E-state index contributed by atoms with van der Waals surface area (Å²) in [6, 6.07) is 5.00. The van der Waals surface area contributed by atoms with Gasteiger partial charge in [0.05, 0.1) is 5.69 Å². The number of ether oxygens (including phenoxy) is 1. The van der Waals surface area contributed by atoms with Gasteiger partial charge in [0.25, 0.3) is 5.91 Å². The molecule has 0 bridgehead atoms. The predicted molar refractivity (Wildman–Crippen MR) is 93.9 cm³/mol. The Morgan fingerprint density at radius 3 is 2.52 bits per heavy atom. The van der Waals surface area contributed by atoms with E-state index >= 15 is 0 Å². The SMILES string of the molecule is CC(=O)c1ccc2c(c1)N(CC(=O)N1CCC(C)CC1)C(=O)C(C)O2. The van der Waals surface area contributed by atoms with Gasteiger partial charge in [-0.3, -0.25) is 19.3 Å². The molecule has 0 aromatic heterocycles. The van der Waals surface area contributed by atoms with Gasteiger partial charge >= 0.3 is 0 Å². The number of anilines is 1. The third-order valence-electron chi connectivity index (χ3n) is 5.00. The standard InChI is InChI=1S/C19H24N2O4/c1-12-6-8-20(9-7-12)18(23)11-21-16-10-15(13(2)22)4-5-17(16)25-14(3)19(21)24/h4-5,10,12,14H,6-9,11H2,1-3H3. The lowest BCUT2D eigenvalue weighted by molar-refractivity contribution is -0.134. The monoisotopic (exact) mass is 344 g/mol. The molecule has 2 amide bonds. The number of rotatable bonds is 3. The zero-order valence-electron chi connectivity index (χ0n) is 14.9. The van der Waals surface area contributed by atoms with E-state index in [1.165, 1.54) is 11.8 Å². The highest BCUT2D eigenvalue weighted by atomic mass is 16.5. The van der Waals surface area contributed by atoms with Crippen molar-refractivity contribution < 1.29 is 19.1 Å². The number of Topliss-reactive ketones (excluding diaryl/α,β-unsaturated/α-hetero) is 1. The van der Waals surface area contributed by atoms with E-state index in [-0.39, 0.29) is 24.1 Å². The average Bonchev–Trinajstić information content (AvgIpc) is 2.59. The fourth-order valence-corrected chi connectivity index (χ4v) is 3.28. The van der Waals surface area contributed by atoms with Crippen LogP contribution in [0.2, 0.25) is 0 Å². The van der Waals surface area contributed by atoms with Crippen molar-refractivity contribution in [3.8, 4) is 5.75 Å². The number of nitrogens with zero attached hydrogens (tertiary/aromatic N) is 2. The lowest BCUT2D eigenvalue weighted by Gasteiger charge is -2.36. The van der Waals surface area contributed by atoms with Gasteiger partial charge in [0.2, 0.25) is 5.91 Å². The molecule has 1 atom stereocenters. The van der Waals surface area contributed by atoms with Crippen LogP contribution in [-0.4, -0.2) is 48.2 Å². The van der Waals surface area contributed by atoms with Crippen LogP contribution >= 0.6 is 0 Å². The first-order valence-corrected chi connectivity index (χ1v) is 8.77. The third kappa shape index (κ3) is 3.52. The van der Waals surface area contributed by atoms with Crippen LogP contribution in [0.3, 0.4) is 0 Å². The second-order valence-corrected chi connectivity index (χ2v) is 6.99. The zero-order valence-corrected chi connectivity index (χ0v) is 14.9. The Bertz CT molecular complexity index is 707. The van der Waals surface area contributed by atoms with Crippen molar-refractivity contribution >= 4 is 23.3 Å². The van der Waals surface area contributed by atoms with Crippen molar-refractivity contribution in [1.29, 1.82) is 0 Å². The molecule has 2 aliphatic heterocycles. The molecule has 0 radical (unpaired) electrons. The maximum Gasteiger partial charge on any atom is 0.268 e. The molecule has 1 unspecified atom stereocenters. The summed E-state index contributed by atoms with van der Waals surface area (Å²) in [7, 11) is 0. The molecule has 1 aromatic carbocycles. The van der Waals surface area contributed by atoms with Crippen LogP contribution in [-0.2, 0) is 9.59 Å². The number of fused-ring (bicyclic) bond motifs is 1. The van der Waals surface area contributed by atoms with Crippen LogP contribution in [0.15, 0.2) is 18.2 Å². The van der Waals surface area contributed by atoms with E-state index in [1.54, 1.807) is 25.1 Å². The minimum atomic E-state index is -0.648. The molecule has 1 fully saturated rings. The fraction of sp³-hybridized carbons (Fsp3) is 0.526. The van der Waals surface area contributed by atoms with Gasteiger partial charge < -0.3 is 9.64 Å². The van der Waals surface area contributed by atoms with Crippen molar-refractivity contribution in [3.05, 3.63) is 23.8 Å². The van der Waals surface area contributed by atoms with Gasteiger partial charge in [-0.2, -0.15) is 0 Å². The van der Waals surface area contributed by atoms with Crippen molar-refractivity contribution in [3.63, 3.8) is 0 Å². The molecule has 6 heteroatoms. The van der Waals surface area contributed by atoms with E-state index in [0.29, 0.717) is 22.9 Å². The first-order valence-electron chi connectivity index (χ1n) is 8.77. The molecule has 6 nitrogen and oxygen atoms in total. The maximum absolute atomic E-state index is 12.7. The van der Waals surface area contributed by atoms with Gasteiger partial charge in [0.15, 0.2) is 11.9 Å². The van der Waals surface area contributed by atoms with Crippen molar-refractivity contribution in [1.82, 2.24) is 4.90 Å². The molecule has 0 aliphatic carbocycles. The minimum Gasteiger partial charge on any atom is -0.479 e. The first-order chi connectivity index (χ1) is 11.9. The smallest absolute Gasteiger partial charge is 0.268 e. The van der Waals surface area contributed by atoms with Crippen LogP contribution in [0.25, 0.3) is 0 Å². The average molecular weight is 344 g/mol. The number of benzene rings is 1.